The Morgan fingerprint density at radius 3 is 2.61 bits per heavy atom. The SMILES string of the molecule is Cc1ccccc1CNc1nncc(Nc2ccc(Br)cc2)n1. The normalized spacial score (nSPS) is 10.3. The molecule has 0 aliphatic carbocycles. The maximum atomic E-state index is 4.43. The highest BCUT2D eigenvalue weighted by Crippen LogP contribution is 2.18. The van der Waals surface area contributed by atoms with Gasteiger partial charge in [-0.05, 0) is 42.3 Å². The first-order valence-corrected chi connectivity index (χ1v) is 8.01. The lowest BCUT2D eigenvalue weighted by molar-refractivity contribution is 0.946. The van der Waals surface area contributed by atoms with Gasteiger partial charge in [0.05, 0.1) is 6.20 Å². The molecular formula is C17H16BrN5. The Bertz CT molecular complexity index is 789. The summed E-state index contributed by atoms with van der Waals surface area (Å²) < 4.78 is 1.03. The van der Waals surface area contributed by atoms with E-state index in [0.717, 1.165) is 10.2 Å². The second-order valence-electron chi connectivity index (χ2n) is 5.08. The maximum Gasteiger partial charge on any atom is 0.244 e. The van der Waals surface area contributed by atoms with Crippen molar-refractivity contribution in [1.29, 1.82) is 0 Å². The van der Waals surface area contributed by atoms with Crippen molar-refractivity contribution in [3.63, 3.8) is 0 Å². The van der Waals surface area contributed by atoms with Crippen molar-refractivity contribution in [2.45, 2.75) is 13.5 Å². The summed E-state index contributed by atoms with van der Waals surface area (Å²) in [5.41, 5.74) is 3.39. The fourth-order valence-electron chi connectivity index (χ4n) is 2.10. The molecular weight excluding hydrogens is 354 g/mol. The van der Waals surface area contributed by atoms with Crippen LogP contribution < -0.4 is 10.6 Å². The number of nitrogens with one attached hydrogen (secondary N) is 2. The van der Waals surface area contributed by atoms with Gasteiger partial charge in [0.25, 0.3) is 0 Å². The smallest absolute Gasteiger partial charge is 0.244 e. The van der Waals surface area contributed by atoms with Gasteiger partial charge in [-0.25, -0.2) is 0 Å². The minimum absolute atomic E-state index is 0.496. The highest BCUT2D eigenvalue weighted by molar-refractivity contribution is 9.10. The largest absolute Gasteiger partial charge is 0.349 e. The molecule has 0 spiro atoms. The standard InChI is InChI=1S/C17H16BrN5/c1-12-4-2-3-5-13(12)10-19-17-22-16(11-20-23-17)21-15-8-6-14(18)7-9-15/h2-9,11H,10H2,1H3,(H2,19,21,22,23). The van der Waals surface area contributed by atoms with Crippen LogP contribution in [0, 0.1) is 6.92 Å². The van der Waals surface area contributed by atoms with Gasteiger partial charge in [0.1, 0.15) is 0 Å². The number of rotatable bonds is 5. The van der Waals surface area contributed by atoms with Crippen molar-refractivity contribution in [3.8, 4) is 0 Å². The Balaban J connectivity index is 1.67. The van der Waals surface area contributed by atoms with Gasteiger partial charge < -0.3 is 10.6 Å². The van der Waals surface area contributed by atoms with E-state index in [2.05, 4.69) is 60.8 Å². The van der Waals surface area contributed by atoms with Crippen molar-refractivity contribution in [2.24, 2.45) is 0 Å². The molecule has 0 bridgehead atoms. The number of hydrogen-bond donors (Lipinski definition) is 2. The molecule has 6 heteroatoms. The van der Waals surface area contributed by atoms with E-state index in [9.17, 15) is 0 Å². The van der Waals surface area contributed by atoms with Crippen LogP contribution >= 0.6 is 15.9 Å². The average molecular weight is 370 g/mol. The van der Waals surface area contributed by atoms with Crippen LogP contribution in [0.2, 0.25) is 0 Å². The third-order valence-electron chi connectivity index (χ3n) is 3.37. The predicted octanol–water partition coefficient (Wildman–Crippen LogP) is 4.30. The molecule has 1 aromatic heterocycles. The van der Waals surface area contributed by atoms with Crippen LogP contribution in [-0.2, 0) is 6.54 Å². The minimum atomic E-state index is 0.496. The fraction of sp³-hybridized carbons (Fsp3) is 0.118. The van der Waals surface area contributed by atoms with E-state index < -0.39 is 0 Å². The quantitative estimate of drug-likeness (QED) is 0.701. The van der Waals surface area contributed by atoms with Crippen LogP contribution in [-0.4, -0.2) is 15.2 Å². The van der Waals surface area contributed by atoms with Crippen LogP contribution in [0.15, 0.2) is 59.2 Å². The second kappa shape index (κ2) is 7.19. The molecule has 0 aliphatic heterocycles. The van der Waals surface area contributed by atoms with Crippen molar-refractivity contribution < 1.29 is 0 Å². The molecule has 2 aromatic carbocycles. The summed E-state index contributed by atoms with van der Waals surface area (Å²) in [5.74, 6) is 1.14. The van der Waals surface area contributed by atoms with Crippen molar-refractivity contribution in [3.05, 3.63) is 70.3 Å². The number of aryl methyl sites for hydroxylation is 1. The van der Waals surface area contributed by atoms with Gasteiger partial charge in [-0.3, -0.25) is 0 Å². The third-order valence-corrected chi connectivity index (χ3v) is 3.90. The van der Waals surface area contributed by atoms with Crippen LogP contribution in [0.1, 0.15) is 11.1 Å². The first-order valence-electron chi connectivity index (χ1n) is 7.21. The summed E-state index contributed by atoms with van der Waals surface area (Å²) in [6, 6.07) is 16.1. The zero-order chi connectivity index (χ0) is 16.1. The molecule has 23 heavy (non-hydrogen) atoms. The van der Waals surface area contributed by atoms with E-state index in [1.165, 1.54) is 11.1 Å². The van der Waals surface area contributed by atoms with Crippen LogP contribution in [0.4, 0.5) is 17.5 Å². The van der Waals surface area contributed by atoms with Gasteiger partial charge in [-0.2, -0.15) is 10.1 Å². The van der Waals surface area contributed by atoms with E-state index >= 15 is 0 Å². The van der Waals surface area contributed by atoms with E-state index in [1.54, 1.807) is 6.20 Å². The zero-order valence-corrected chi connectivity index (χ0v) is 14.2. The Morgan fingerprint density at radius 2 is 1.83 bits per heavy atom. The summed E-state index contributed by atoms with van der Waals surface area (Å²) in [6.07, 6.45) is 1.60. The molecule has 0 aliphatic rings. The Hall–Kier alpha value is -2.47. The Morgan fingerprint density at radius 1 is 1.04 bits per heavy atom. The number of halogens is 1. The van der Waals surface area contributed by atoms with Gasteiger partial charge >= 0.3 is 0 Å². The molecule has 0 amide bonds. The Kier molecular flexibility index (Phi) is 4.83. The summed E-state index contributed by atoms with van der Waals surface area (Å²) in [6.45, 7) is 2.75. The van der Waals surface area contributed by atoms with Crippen molar-refractivity contribution >= 4 is 33.4 Å². The number of nitrogens with zero attached hydrogens (tertiary/aromatic N) is 3. The number of aromatic nitrogens is 3. The number of benzene rings is 2. The molecule has 3 aromatic rings. The number of hydrogen-bond acceptors (Lipinski definition) is 5. The zero-order valence-electron chi connectivity index (χ0n) is 12.6. The van der Waals surface area contributed by atoms with E-state index in [4.69, 9.17) is 0 Å². The first-order chi connectivity index (χ1) is 11.2. The van der Waals surface area contributed by atoms with Crippen molar-refractivity contribution in [2.75, 3.05) is 10.6 Å². The molecule has 0 fully saturated rings. The predicted molar refractivity (Wildman–Crippen MR) is 95.8 cm³/mol. The van der Waals surface area contributed by atoms with Crippen LogP contribution in [0.25, 0.3) is 0 Å². The summed E-state index contributed by atoms with van der Waals surface area (Å²) in [5, 5.41) is 14.4. The third kappa shape index (κ3) is 4.26. The summed E-state index contributed by atoms with van der Waals surface area (Å²) >= 11 is 3.42. The lowest BCUT2D eigenvalue weighted by Gasteiger charge is -2.09. The van der Waals surface area contributed by atoms with E-state index in [1.807, 2.05) is 36.4 Å². The van der Waals surface area contributed by atoms with Gasteiger partial charge in [0, 0.05) is 16.7 Å². The van der Waals surface area contributed by atoms with Crippen LogP contribution in [0.5, 0.6) is 0 Å². The molecule has 0 radical (unpaired) electrons. The summed E-state index contributed by atoms with van der Waals surface area (Å²) in [4.78, 5) is 4.43. The number of anilines is 3. The van der Waals surface area contributed by atoms with Crippen LogP contribution in [0.3, 0.4) is 0 Å². The van der Waals surface area contributed by atoms with E-state index in [0.29, 0.717) is 18.3 Å². The highest BCUT2D eigenvalue weighted by atomic mass is 79.9. The molecule has 0 saturated carbocycles. The molecule has 0 saturated heterocycles. The summed E-state index contributed by atoms with van der Waals surface area (Å²) in [7, 11) is 0. The van der Waals surface area contributed by atoms with Gasteiger partial charge in [-0.1, -0.05) is 40.2 Å². The lowest BCUT2D eigenvalue weighted by atomic mass is 10.1. The Labute approximate surface area is 143 Å². The lowest BCUT2D eigenvalue weighted by Crippen LogP contribution is -2.07. The highest BCUT2D eigenvalue weighted by Gasteiger charge is 2.03. The molecule has 0 atom stereocenters. The van der Waals surface area contributed by atoms with Gasteiger partial charge in [-0.15, -0.1) is 5.10 Å². The van der Waals surface area contributed by atoms with E-state index in [-0.39, 0.29) is 0 Å². The molecule has 5 nitrogen and oxygen atoms in total. The van der Waals surface area contributed by atoms with Crippen molar-refractivity contribution in [1.82, 2.24) is 15.2 Å². The van der Waals surface area contributed by atoms with Gasteiger partial charge in [0.2, 0.25) is 5.95 Å². The topological polar surface area (TPSA) is 62.7 Å². The molecule has 3 rings (SSSR count). The minimum Gasteiger partial charge on any atom is -0.349 e. The maximum absolute atomic E-state index is 4.43. The second-order valence-corrected chi connectivity index (χ2v) is 5.99. The monoisotopic (exact) mass is 369 g/mol. The average Bonchev–Trinajstić information content (AvgIpc) is 2.57. The molecule has 2 N–H and O–H groups in total. The van der Waals surface area contributed by atoms with Gasteiger partial charge in [0.15, 0.2) is 5.82 Å². The molecule has 116 valence electrons. The fourth-order valence-corrected chi connectivity index (χ4v) is 2.37. The molecule has 1 heterocycles. The first kappa shape index (κ1) is 15.4. The molecule has 0 unspecified atom stereocenters.